The van der Waals surface area contributed by atoms with Gasteiger partial charge in [-0.05, 0) is 50.8 Å². The Kier molecular flexibility index (Phi) is 5.41. The fourth-order valence-electron chi connectivity index (χ4n) is 2.60. The van der Waals surface area contributed by atoms with Gasteiger partial charge in [-0.2, -0.15) is 0 Å². The summed E-state index contributed by atoms with van der Waals surface area (Å²) in [4.78, 5) is 0. The average Bonchev–Trinajstić information content (AvgIpc) is 2.91. The first-order valence-electron chi connectivity index (χ1n) is 7.07. The van der Waals surface area contributed by atoms with E-state index in [1.807, 2.05) is 0 Å². The molecule has 1 aromatic rings. The van der Waals surface area contributed by atoms with Crippen LogP contribution < -0.4 is 5.32 Å². The molecule has 1 unspecified atom stereocenters. The second-order valence-electron chi connectivity index (χ2n) is 5.08. The minimum atomic E-state index is -0.200. The lowest BCUT2D eigenvalue weighted by atomic mass is 9.97. The molecule has 3 heteroatoms. The normalized spacial score (nSPS) is 16.5. The zero-order chi connectivity index (χ0) is 13.7. The molecule has 2 rings (SSSR count). The van der Waals surface area contributed by atoms with Gasteiger partial charge in [0.25, 0.3) is 0 Å². The van der Waals surface area contributed by atoms with Crippen LogP contribution in [0, 0.1) is 5.82 Å². The van der Waals surface area contributed by atoms with Crippen LogP contribution in [-0.4, -0.2) is 12.6 Å². The van der Waals surface area contributed by atoms with Crippen LogP contribution in [0.5, 0.6) is 0 Å². The van der Waals surface area contributed by atoms with Gasteiger partial charge in [-0.1, -0.05) is 36.2 Å². The lowest BCUT2D eigenvalue weighted by Crippen LogP contribution is -2.33. The summed E-state index contributed by atoms with van der Waals surface area (Å²) in [5.41, 5.74) is 2.04. The van der Waals surface area contributed by atoms with E-state index in [1.165, 1.54) is 18.1 Å². The molecule has 0 fully saturated rings. The van der Waals surface area contributed by atoms with Gasteiger partial charge in [0.15, 0.2) is 0 Å². The summed E-state index contributed by atoms with van der Waals surface area (Å²) in [6.07, 6.45) is 7.48. The van der Waals surface area contributed by atoms with Crippen molar-refractivity contribution in [2.45, 2.75) is 45.1 Å². The first kappa shape index (κ1) is 14.5. The number of rotatable bonds is 6. The van der Waals surface area contributed by atoms with E-state index in [1.54, 1.807) is 12.1 Å². The second kappa shape index (κ2) is 7.06. The van der Waals surface area contributed by atoms with Gasteiger partial charge in [-0.25, -0.2) is 4.39 Å². The first-order chi connectivity index (χ1) is 9.22. The van der Waals surface area contributed by atoms with Gasteiger partial charge in [0, 0.05) is 16.6 Å². The third-order valence-corrected chi connectivity index (χ3v) is 3.99. The highest BCUT2D eigenvalue weighted by Crippen LogP contribution is 2.26. The number of nitrogens with one attached hydrogen (secondary N) is 1. The van der Waals surface area contributed by atoms with Crippen LogP contribution in [0.3, 0.4) is 0 Å². The monoisotopic (exact) mass is 281 g/mol. The molecular weight excluding hydrogens is 261 g/mol. The molecule has 1 aliphatic rings. The van der Waals surface area contributed by atoms with Gasteiger partial charge < -0.3 is 5.32 Å². The van der Waals surface area contributed by atoms with Crippen molar-refractivity contribution in [2.75, 3.05) is 6.54 Å². The number of hydrogen-bond donors (Lipinski definition) is 1. The molecule has 0 spiro atoms. The first-order valence-corrected chi connectivity index (χ1v) is 7.45. The standard InChI is InChI=1S/C16H21ClFN/c1-2-10-19-16(12-6-3-4-7-12)11-13-14(17)8-5-9-15(13)18/h5-6,8-9,16,19H,2-4,7,10-11H2,1H3. The van der Waals surface area contributed by atoms with Gasteiger partial charge in [0.05, 0.1) is 0 Å². The van der Waals surface area contributed by atoms with E-state index in [-0.39, 0.29) is 11.9 Å². The maximum atomic E-state index is 13.9. The van der Waals surface area contributed by atoms with Gasteiger partial charge in [0.2, 0.25) is 0 Å². The van der Waals surface area contributed by atoms with Crippen molar-refractivity contribution in [1.29, 1.82) is 0 Å². The van der Waals surface area contributed by atoms with Crippen LogP contribution in [0.15, 0.2) is 29.8 Å². The van der Waals surface area contributed by atoms with Crippen LogP contribution in [0.2, 0.25) is 5.02 Å². The van der Waals surface area contributed by atoms with Crippen LogP contribution in [-0.2, 0) is 6.42 Å². The van der Waals surface area contributed by atoms with Crippen LogP contribution in [0.4, 0.5) is 4.39 Å². The molecule has 0 saturated carbocycles. The van der Waals surface area contributed by atoms with Crippen LogP contribution in [0.25, 0.3) is 0 Å². The Hall–Kier alpha value is -0.860. The Balaban J connectivity index is 2.15. The summed E-state index contributed by atoms with van der Waals surface area (Å²) in [7, 11) is 0. The van der Waals surface area contributed by atoms with E-state index in [0.717, 1.165) is 25.8 Å². The number of halogens is 2. The summed E-state index contributed by atoms with van der Waals surface area (Å²) < 4.78 is 13.9. The number of hydrogen-bond acceptors (Lipinski definition) is 1. The minimum absolute atomic E-state index is 0.200. The Morgan fingerprint density at radius 2 is 2.26 bits per heavy atom. The molecular formula is C16H21ClFN. The summed E-state index contributed by atoms with van der Waals surface area (Å²) in [5, 5.41) is 4.05. The van der Waals surface area contributed by atoms with Crippen molar-refractivity contribution >= 4 is 11.6 Å². The van der Waals surface area contributed by atoms with E-state index < -0.39 is 0 Å². The molecule has 1 aromatic carbocycles. The molecule has 1 nitrogen and oxygen atoms in total. The van der Waals surface area contributed by atoms with E-state index in [2.05, 4.69) is 18.3 Å². The molecule has 0 saturated heterocycles. The Morgan fingerprint density at radius 1 is 1.42 bits per heavy atom. The highest BCUT2D eigenvalue weighted by Gasteiger charge is 2.19. The Morgan fingerprint density at radius 3 is 2.89 bits per heavy atom. The van der Waals surface area contributed by atoms with E-state index in [4.69, 9.17) is 11.6 Å². The fourth-order valence-corrected chi connectivity index (χ4v) is 2.84. The second-order valence-corrected chi connectivity index (χ2v) is 5.49. The Bertz CT molecular complexity index is 436. The smallest absolute Gasteiger partial charge is 0.127 e. The average molecular weight is 282 g/mol. The predicted octanol–water partition coefficient (Wildman–Crippen LogP) is 4.50. The Labute approximate surface area is 119 Å². The van der Waals surface area contributed by atoms with Crippen molar-refractivity contribution in [3.05, 3.63) is 46.3 Å². The highest BCUT2D eigenvalue weighted by atomic mass is 35.5. The summed E-state index contributed by atoms with van der Waals surface area (Å²) in [6, 6.07) is 5.13. The maximum Gasteiger partial charge on any atom is 0.127 e. The van der Waals surface area contributed by atoms with Crippen molar-refractivity contribution < 1.29 is 4.39 Å². The molecule has 0 aromatic heterocycles. The summed E-state index contributed by atoms with van der Waals surface area (Å²) in [5.74, 6) is -0.200. The zero-order valence-electron chi connectivity index (χ0n) is 11.4. The van der Waals surface area contributed by atoms with Crippen molar-refractivity contribution in [1.82, 2.24) is 5.32 Å². The minimum Gasteiger partial charge on any atom is -0.310 e. The van der Waals surface area contributed by atoms with Crippen molar-refractivity contribution in [3.63, 3.8) is 0 Å². The van der Waals surface area contributed by atoms with Crippen molar-refractivity contribution in [3.8, 4) is 0 Å². The molecule has 1 aliphatic carbocycles. The molecule has 0 aliphatic heterocycles. The van der Waals surface area contributed by atoms with Crippen LogP contribution in [0.1, 0.15) is 38.2 Å². The lowest BCUT2D eigenvalue weighted by Gasteiger charge is -2.21. The zero-order valence-corrected chi connectivity index (χ0v) is 12.1. The third kappa shape index (κ3) is 3.80. The molecule has 0 amide bonds. The molecule has 1 atom stereocenters. The predicted molar refractivity (Wildman–Crippen MR) is 79.1 cm³/mol. The maximum absolute atomic E-state index is 13.9. The van der Waals surface area contributed by atoms with Crippen LogP contribution >= 0.6 is 11.6 Å². The highest BCUT2D eigenvalue weighted by molar-refractivity contribution is 6.31. The molecule has 104 valence electrons. The van der Waals surface area contributed by atoms with E-state index in [9.17, 15) is 4.39 Å². The number of allylic oxidation sites excluding steroid dienone is 1. The molecule has 19 heavy (non-hydrogen) atoms. The molecule has 0 radical (unpaired) electrons. The van der Waals surface area contributed by atoms with Crippen molar-refractivity contribution in [2.24, 2.45) is 0 Å². The van der Waals surface area contributed by atoms with Gasteiger partial charge in [0.1, 0.15) is 5.82 Å². The quantitative estimate of drug-likeness (QED) is 0.757. The fraction of sp³-hybridized carbons (Fsp3) is 0.500. The molecule has 1 N–H and O–H groups in total. The molecule has 0 bridgehead atoms. The van der Waals surface area contributed by atoms with E-state index in [0.29, 0.717) is 17.0 Å². The molecule has 0 heterocycles. The SMILES string of the molecule is CCCNC(Cc1c(F)cccc1Cl)C1=CCCC1. The summed E-state index contributed by atoms with van der Waals surface area (Å²) in [6.45, 7) is 3.09. The topological polar surface area (TPSA) is 12.0 Å². The lowest BCUT2D eigenvalue weighted by molar-refractivity contribution is 0.533. The summed E-state index contributed by atoms with van der Waals surface area (Å²) >= 11 is 6.13. The number of benzene rings is 1. The largest absolute Gasteiger partial charge is 0.310 e. The van der Waals surface area contributed by atoms with Gasteiger partial charge >= 0.3 is 0 Å². The van der Waals surface area contributed by atoms with Gasteiger partial charge in [-0.15, -0.1) is 0 Å². The van der Waals surface area contributed by atoms with Gasteiger partial charge in [-0.3, -0.25) is 0 Å². The van der Waals surface area contributed by atoms with E-state index >= 15 is 0 Å². The third-order valence-electron chi connectivity index (χ3n) is 3.63.